The van der Waals surface area contributed by atoms with Crippen LogP contribution in [0, 0.1) is 5.92 Å². The number of sulfonamides is 1. The third-order valence-corrected chi connectivity index (χ3v) is 5.47. The number of fused-ring (bicyclic) bond motifs is 1. The molecule has 0 spiro atoms. The molecular weight excluding hydrogens is 406 g/mol. The lowest BCUT2D eigenvalue weighted by molar-refractivity contribution is -0.124. The van der Waals surface area contributed by atoms with Gasteiger partial charge in [0, 0.05) is 0 Å². The maximum absolute atomic E-state index is 12.8. The van der Waals surface area contributed by atoms with Crippen LogP contribution in [0.3, 0.4) is 0 Å². The Morgan fingerprint density at radius 3 is 2.43 bits per heavy atom. The van der Waals surface area contributed by atoms with Gasteiger partial charge >= 0.3 is 6.09 Å². The molecule has 154 valence electrons. The van der Waals surface area contributed by atoms with Gasteiger partial charge in [0.05, 0.1) is 11.7 Å². The van der Waals surface area contributed by atoms with Crippen LogP contribution in [-0.2, 0) is 19.6 Å². The van der Waals surface area contributed by atoms with Gasteiger partial charge in [0.1, 0.15) is 27.6 Å². The van der Waals surface area contributed by atoms with E-state index in [1.807, 2.05) is 0 Å². The summed E-state index contributed by atoms with van der Waals surface area (Å²) in [5.41, 5.74) is 4.22. The van der Waals surface area contributed by atoms with Gasteiger partial charge in [0.2, 0.25) is 10.0 Å². The summed E-state index contributed by atoms with van der Waals surface area (Å²) in [5, 5.41) is 0. The molecule has 10 nitrogen and oxygen atoms in total. The van der Waals surface area contributed by atoms with E-state index in [1.54, 1.807) is 46.8 Å². The summed E-state index contributed by atoms with van der Waals surface area (Å²) < 4.78 is 41.1. The number of ether oxygens (including phenoxy) is 1. The van der Waals surface area contributed by atoms with Gasteiger partial charge < -0.3 is 4.74 Å². The van der Waals surface area contributed by atoms with Crippen molar-refractivity contribution in [2.75, 3.05) is 0 Å². The van der Waals surface area contributed by atoms with Gasteiger partial charge in [-0.1, -0.05) is 19.9 Å². The zero-order chi connectivity index (χ0) is 21.1. The topological polar surface area (TPSA) is 139 Å². The van der Waals surface area contributed by atoms with Crippen LogP contribution in [0.5, 0.6) is 0 Å². The lowest BCUT2D eigenvalue weighted by Crippen LogP contribution is -2.54. The molecule has 1 unspecified atom stereocenters. The quantitative estimate of drug-likeness (QED) is 0.613. The number of rotatable bonds is 5. The number of carbonyl (C=O) groups is 2. The molecule has 2 amide bonds. The number of hydrogen-bond acceptors (Lipinski definition) is 8. The van der Waals surface area contributed by atoms with E-state index in [1.165, 1.54) is 6.07 Å². The highest BCUT2D eigenvalue weighted by Crippen LogP contribution is 2.21. The summed E-state index contributed by atoms with van der Waals surface area (Å²) >= 11 is 0.897. The van der Waals surface area contributed by atoms with Crippen molar-refractivity contribution < 1.29 is 22.7 Å². The average molecular weight is 430 g/mol. The van der Waals surface area contributed by atoms with E-state index in [0.717, 1.165) is 11.7 Å². The summed E-state index contributed by atoms with van der Waals surface area (Å²) in [5.74, 6) is -1.13. The van der Waals surface area contributed by atoms with Gasteiger partial charge in [-0.3, -0.25) is 10.2 Å². The molecule has 1 aromatic heterocycles. The summed E-state index contributed by atoms with van der Waals surface area (Å²) in [7, 11) is -4.06. The number of amides is 2. The number of carbonyl (C=O) groups excluding carboxylic acids is 2. The second-order valence-corrected chi connectivity index (χ2v) is 9.56. The summed E-state index contributed by atoms with van der Waals surface area (Å²) in [6.45, 7) is 8.37. The van der Waals surface area contributed by atoms with Crippen LogP contribution >= 0.6 is 11.7 Å². The molecule has 0 aliphatic carbocycles. The standard InChI is InChI=1S/C16H23N5O5S2/c1-9(2)12(14(22)17-18-15(23)26-16(3,4)5)21-28(24,25)11-8-6-7-10-13(11)20-27-19-10/h6-9,12,21H,1-5H3,(H,17,22)(H,18,23). The Labute approximate surface area is 167 Å². The Balaban J connectivity index is 2.14. The second-order valence-electron chi connectivity index (χ2n) is 7.35. The third kappa shape index (κ3) is 5.59. The first-order valence-corrected chi connectivity index (χ1v) is 10.6. The van der Waals surface area contributed by atoms with Crippen LogP contribution < -0.4 is 15.6 Å². The minimum atomic E-state index is -4.06. The van der Waals surface area contributed by atoms with Gasteiger partial charge in [-0.15, -0.1) is 0 Å². The number of nitrogens with zero attached hydrogens (tertiary/aromatic N) is 2. The monoisotopic (exact) mass is 429 g/mol. The zero-order valence-corrected chi connectivity index (χ0v) is 17.8. The Hall–Kier alpha value is -2.31. The molecule has 12 heteroatoms. The fourth-order valence-electron chi connectivity index (χ4n) is 2.22. The average Bonchev–Trinajstić information content (AvgIpc) is 3.04. The molecule has 0 fully saturated rings. The second kappa shape index (κ2) is 8.37. The van der Waals surface area contributed by atoms with Crippen molar-refractivity contribution >= 4 is 44.8 Å². The van der Waals surface area contributed by atoms with Crippen LogP contribution in [0.1, 0.15) is 34.6 Å². The minimum Gasteiger partial charge on any atom is -0.443 e. The highest BCUT2D eigenvalue weighted by Gasteiger charge is 2.30. The van der Waals surface area contributed by atoms with Gasteiger partial charge in [-0.25, -0.2) is 18.6 Å². The van der Waals surface area contributed by atoms with Gasteiger partial charge in [0.15, 0.2) is 0 Å². The highest BCUT2D eigenvalue weighted by atomic mass is 32.2. The lowest BCUT2D eigenvalue weighted by Gasteiger charge is -2.23. The van der Waals surface area contributed by atoms with Crippen molar-refractivity contribution in [3.63, 3.8) is 0 Å². The first-order chi connectivity index (χ1) is 12.9. The molecule has 0 bridgehead atoms. The van der Waals surface area contributed by atoms with Crippen LogP contribution in [-0.4, -0.2) is 40.8 Å². The summed E-state index contributed by atoms with van der Waals surface area (Å²) in [6, 6.07) is 3.45. The first-order valence-electron chi connectivity index (χ1n) is 8.43. The maximum atomic E-state index is 12.8. The van der Waals surface area contributed by atoms with Crippen molar-refractivity contribution in [2.24, 2.45) is 5.92 Å². The molecule has 0 aliphatic rings. The molecule has 1 aromatic carbocycles. The van der Waals surface area contributed by atoms with E-state index in [4.69, 9.17) is 4.74 Å². The molecule has 3 N–H and O–H groups in total. The van der Waals surface area contributed by atoms with E-state index in [9.17, 15) is 18.0 Å². The van der Waals surface area contributed by atoms with Crippen molar-refractivity contribution in [3.8, 4) is 0 Å². The third-order valence-electron chi connectivity index (χ3n) is 3.46. The molecular formula is C16H23N5O5S2. The maximum Gasteiger partial charge on any atom is 0.426 e. The fraction of sp³-hybridized carbons (Fsp3) is 0.500. The molecule has 1 heterocycles. The van der Waals surface area contributed by atoms with E-state index < -0.39 is 39.6 Å². The zero-order valence-electron chi connectivity index (χ0n) is 16.1. The number of hydrazine groups is 1. The van der Waals surface area contributed by atoms with Gasteiger partial charge in [-0.05, 0) is 38.8 Å². The molecule has 2 aromatic rings. The predicted octanol–water partition coefficient (Wildman–Crippen LogP) is 1.55. The van der Waals surface area contributed by atoms with Gasteiger partial charge in [-0.2, -0.15) is 13.5 Å². The van der Waals surface area contributed by atoms with E-state index in [-0.39, 0.29) is 10.4 Å². The molecule has 2 rings (SSSR count). The van der Waals surface area contributed by atoms with Crippen molar-refractivity contribution in [3.05, 3.63) is 18.2 Å². The molecule has 0 aliphatic heterocycles. The Morgan fingerprint density at radius 1 is 1.14 bits per heavy atom. The predicted molar refractivity (Wildman–Crippen MR) is 104 cm³/mol. The summed E-state index contributed by atoms with van der Waals surface area (Å²) in [4.78, 5) is 24.0. The number of nitrogens with one attached hydrogen (secondary N) is 3. The number of aromatic nitrogens is 2. The van der Waals surface area contributed by atoms with Crippen LogP contribution in [0.2, 0.25) is 0 Å². The van der Waals surface area contributed by atoms with Crippen molar-refractivity contribution in [1.29, 1.82) is 0 Å². The van der Waals surface area contributed by atoms with E-state index in [2.05, 4.69) is 24.3 Å². The SMILES string of the molecule is CC(C)C(NS(=O)(=O)c1cccc2nsnc12)C(=O)NNC(=O)OC(C)(C)C. The number of benzene rings is 1. The van der Waals surface area contributed by atoms with Crippen LogP contribution in [0.25, 0.3) is 11.0 Å². The fourth-order valence-corrected chi connectivity index (χ4v) is 4.33. The van der Waals surface area contributed by atoms with Crippen LogP contribution in [0.15, 0.2) is 23.1 Å². The molecule has 0 saturated carbocycles. The lowest BCUT2D eigenvalue weighted by atomic mass is 10.1. The molecule has 0 saturated heterocycles. The summed E-state index contributed by atoms with van der Waals surface area (Å²) in [6.07, 6.45) is -0.857. The Bertz CT molecular complexity index is 965. The Kier molecular flexibility index (Phi) is 6.57. The molecule has 1 atom stereocenters. The minimum absolute atomic E-state index is 0.0719. The largest absolute Gasteiger partial charge is 0.443 e. The normalized spacial score (nSPS) is 13.4. The van der Waals surface area contributed by atoms with Crippen LogP contribution in [0.4, 0.5) is 4.79 Å². The molecule has 28 heavy (non-hydrogen) atoms. The van der Waals surface area contributed by atoms with E-state index in [0.29, 0.717) is 5.52 Å². The first kappa shape index (κ1) is 22.0. The van der Waals surface area contributed by atoms with Crippen molar-refractivity contribution in [2.45, 2.75) is 51.2 Å². The van der Waals surface area contributed by atoms with Crippen molar-refractivity contribution in [1.82, 2.24) is 24.3 Å². The Morgan fingerprint density at radius 2 is 1.82 bits per heavy atom. The highest BCUT2D eigenvalue weighted by molar-refractivity contribution is 7.89. The smallest absolute Gasteiger partial charge is 0.426 e. The number of hydrogen-bond donors (Lipinski definition) is 3. The molecule has 0 radical (unpaired) electrons. The van der Waals surface area contributed by atoms with E-state index >= 15 is 0 Å². The van der Waals surface area contributed by atoms with Gasteiger partial charge in [0.25, 0.3) is 5.91 Å².